The first-order valence-electron chi connectivity index (χ1n) is 12.1. The van der Waals surface area contributed by atoms with Crippen LogP contribution in [-0.4, -0.2) is 64.4 Å². The Hall–Kier alpha value is -3.82. The zero-order valence-corrected chi connectivity index (χ0v) is 21.6. The molecule has 0 saturated heterocycles. The van der Waals surface area contributed by atoms with Gasteiger partial charge in [-0.15, -0.1) is 0 Å². The number of likely N-dealkylation sites (N-methyl/N-ethyl adjacent to an activating group) is 1. The third kappa shape index (κ3) is 7.58. The second-order valence-electron chi connectivity index (χ2n) is 9.19. The Morgan fingerprint density at radius 2 is 1.89 bits per heavy atom. The zero-order valence-electron chi connectivity index (χ0n) is 20.8. The molecule has 0 unspecified atom stereocenters. The average molecular weight is 520 g/mol. The molecule has 0 aliphatic heterocycles. The van der Waals surface area contributed by atoms with E-state index in [4.69, 9.17) is 11.6 Å². The highest BCUT2D eigenvalue weighted by Gasteiger charge is 2.27. The lowest BCUT2D eigenvalue weighted by molar-refractivity contribution is -0.111. The molecule has 1 aliphatic carbocycles. The van der Waals surface area contributed by atoms with Crippen LogP contribution in [0.15, 0.2) is 67.1 Å². The summed E-state index contributed by atoms with van der Waals surface area (Å²) in [5.41, 5.74) is 2.62. The van der Waals surface area contributed by atoms with E-state index in [1.54, 1.807) is 48.9 Å². The predicted octanol–water partition coefficient (Wildman–Crippen LogP) is 4.01. The van der Waals surface area contributed by atoms with E-state index in [1.165, 1.54) is 6.08 Å². The molecule has 192 valence electrons. The van der Waals surface area contributed by atoms with E-state index in [9.17, 15) is 9.59 Å². The summed E-state index contributed by atoms with van der Waals surface area (Å²) in [6, 6.07) is 10.8. The lowest BCUT2D eigenvalue weighted by atomic mass is 10.1. The van der Waals surface area contributed by atoms with Crippen LogP contribution in [0.2, 0.25) is 5.02 Å². The Morgan fingerprint density at radius 3 is 2.62 bits per heavy atom. The molecular formula is C27H30ClN7O2. The Morgan fingerprint density at radius 1 is 1.11 bits per heavy atom. The SMILES string of the molecule is CN(C)C/C=C/C(=O)Nc1ccc(C(=O)N[C@H]2CC[C@@H](Nc3ncc(Cl)c(-c4cccnc4)n3)C2)cc1. The van der Waals surface area contributed by atoms with E-state index in [-0.39, 0.29) is 23.9 Å². The average Bonchev–Trinajstić information content (AvgIpc) is 3.32. The Kier molecular flexibility index (Phi) is 8.81. The van der Waals surface area contributed by atoms with E-state index in [1.807, 2.05) is 31.1 Å². The van der Waals surface area contributed by atoms with Crippen LogP contribution < -0.4 is 16.0 Å². The number of pyridine rings is 1. The molecule has 2 aromatic heterocycles. The second kappa shape index (κ2) is 12.4. The van der Waals surface area contributed by atoms with Gasteiger partial charge < -0.3 is 20.9 Å². The summed E-state index contributed by atoms with van der Waals surface area (Å²) in [6.45, 7) is 0.684. The van der Waals surface area contributed by atoms with Crippen molar-refractivity contribution in [2.75, 3.05) is 31.3 Å². The molecule has 0 bridgehead atoms. The van der Waals surface area contributed by atoms with Crippen molar-refractivity contribution in [1.29, 1.82) is 0 Å². The maximum Gasteiger partial charge on any atom is 0.251 e. The van der Waals surface area contributed by atoms with Gasteiger partial charge in [-0.1, -0.05) is 17.7 Å². The monoisotopic (exact) mass is 519 g/mol. The molecule has 2 heterocycles. The van der Waals surface area contributed by atoms with Crippen molar-refractivity contribution in [3.63, 3.8) is 0 Å². The van der Waals surface area contributed by atoms with Crippen molar-refractivity contribution < 1.29 is 9.59 Å². The highest BCUT2D eigenvalue weighted by atomic mass is 35.5. The van der Waals surface area contributed by atoms with Gasteiger partial charge in [-0.05, 0) is 69.8 Å². The first kappa shape index (κ1) is 26.2. The fraction of sp³-hybridized carbons (Fsp3) is 0.296. The molecule has 3 aromatic rings. The van der Waals surface area contributed by atoms with Crippen LogP contribution in [0.4, 0.5) is 11.6 Å². The molecule has 2 atom stereocenters. The minimum Gasteiger partial charge on any atom is -0.351 e. The summed E-state index contributed by atoms with van der Waals surface area (Å²) in [6.07, 6.45) is 10.8. The molecule has 0 spiro atoms. The number of carbonyl (C=O) groups excluding carboxylic acids is 2. The van der Waals surface area contributed by atoms with E-state index in [0.717, 1.165) is 24.8 Å². The second-order valence-corrected chi connectivity index (χ2v) is 9.59. The van der Waals surface area contributed by atoms with Gasteiger partial charge in [-0.3, -0.25) is 14.6 Å². The minimum atomic E-state index is -0.208. The van der Waals surface area contributed by atoms with Gasteiger partial charge >= 0.3 is 0 Å². The molecule has 10 heteroatoms. The summed E-state index contributed by atoms with van der Waals surface area (Å²) >= 11 is 6.30. The topological polar surface area (TPSA) is 112 Å². The fourth-order valence-corrected chi connectivity index (χ4v) is 4.30. The third-order valence-electron chi connectivity index (χ3n) is 5.93. The maximum atomic E-state index is 12.8. The number of anilines is 2. The zero-order chi connectivity index (χ0) is 26.2. The van der Waals surface area contributed by atoms with Gasteiger partial charge in [0.1, 0.15) is 0 Å². The van der Waals surface area contributed by atoms with E-state index in [0.29, 0.717) is 34.5 Å². The number of nitrogens with one attached hydrogen (secondary N) is 3. The van der Waals surface area contributed by atoms with E-state index < -0.39 is 0 Å². The molecule has 1 aromatic carbocycles. The Bertz CT molecular complexity index is 1250. The van der Waals surface area contributed by atoms with Gasteiger partial charge in [0, 0.05) is 53.9 Å². The summed E-state index contributed by atoms with van der Waals surface area (Å²) in [5, 5.41) is 9.72. The van der Waals surface area contributed by atoms with Crippen LogP contribution in [0.25, 0.3) is 11.3 Å². The predicted molar refractivity (Wildman–Crippen MR) is 146 cm³/mol. The number of nitrogens with zero attached hydrogens (tertiary/aromatic N) is 4. The molecular weight excluding hydrogens is 490 g/mol. The minimum absolute atomic E-state index is 0.0382. The van der Waals surface area contributed by atoms with Crippen molar-refractivity contribution in [1.82, 2.24) is 25.2 Å². The number of amides is 2. The Balaban J connectivity index is 1.28. The lowest BCUT2D eigenvalue weighted by Crippen LogP contribution is -2.34. The number of hydrogen-bond donors (Lipinski definition) is 3. The van der Waals surface area contributed by atoms with Gasteiger partial charge in [0.25, 0.3) is 5.91 Å². The summed E-state index contributed by atoms with van der Waals surface area (Å²) in [7, 11) is 3.87. The molecule has 3 N–H and O–H groups in total. The number of benzene rings is 1. The maximum absolute atomic E-state index is 12.8. The van der Waals surface area contributed by atoms with Crippen molar-refractivity contribution >= 4 is 35.1 Å². The van der Waals surface area contributed by atoms with Gasteiger partial charge in [0.05, 0.1) is 16.9 Å². The number of carbonyl (C=O) groups is 2. The van der Waals surface area contributed by atoms with Crippen LogP contribution >= 0.6 is 11.6 Å². The van der Waals surface area contributed by atoms with Gasteiger partial charge in [-0.25, -0.2) is 9.97 Å². The van der Waals surface area contributed by atoms with Crippen molar-refractivity contribution in [3.05, 3.63) is 77.7 Å². The third-order valence-corrected chi connectivity index (χ3v) is 6.21. The van der Waals surface area contributed by atoms with Gasteiger partial charge in [0.2, 0.25) is 11.9 Å². The first-order valence-corrected chi connectivity index (χ1v) is 12.5. The van der Waals surface area contributed by atoms with Crippen LogP contribution in [0.1, 0.15) is 29.6 Å². The van der Waals surface area contributed by atoms with Crippen molar-refractivity contribution in [2.24, 2.45) is 0 Å². The number of hydrogen-bond acceptors (Lipinski definition) is 7. The Labute approximate surface area is 221 Å². The summed E-state index contributed by atoms with van der Waals surface area (Å²) in [4.78, 5) is 39.7. The highest BCUT2D eigenvalue weighted by Crippen LogP contribution is 2.27. The molecule has 2 amide bonds. The highest BCUT2D eigenvalue weighted by molar-refractivity contribution is 6.32. The molecule has 37 heavy (non-hydrogen) atoms. The van der Waals surface area contributed by atoms with Crippen molar-refractivity contribution in [3.8, 4) is 11.3 Å². The summed E-state index contributed by atoms with van der Waals surface area (Å²) < 4.78 is 0. The van der Waals surface area contributed by atoms with E-state index >= 15 is 0 Å². The fourth-order valence-electron chi connectivity index (χ4n) is 4.10. The first-order chi connectivity index (χ1) is 17.9. The largest absolute Gasteiger partial charge is 0.351 e. The van der Waals surface area contributed by atoms with Crippen LogP contribution in [-0.2, 0) is 4.79 Å². The molecule has 9 nitrogen and oxygen atoms in total. The van der Waals surface area contributed by atoms with Gasteiger partial charge in [0.15, 0.2) is 0 Å². The normalized spacial score (nSPS) is 17.2. The molecule has 4 rings (SSSR count). The lowest BCUT2D eigenvalue weighted by Gasteiger charge is -2.15. The number of rotatable bonds is 9. The van der Waals surface area contributed by atoms with Crippen LogP contribution in [0.5, 0.6) is 0 Å². The van der Waals surface area contributed by atoms with Crippen molar-refractivity contribution in [2.45, 2.75) is 31.3 Å². The van der Waals surface area contributed by atoms with Crippen LogP contribution in [0.3, 0.4) is 0 Å². The molecule has 1 saturated carbocycles. The molecule has 1 aliphatic rings. The number of aromatic nitrogens is 3. The molecule has 1 fully saturated rings. The molecule has 0 radical (unpaired) electrons. The van der Waals surface area contributed by atoms with E-state index in [2.05, 4.69) is 30.9 Å². The summed E-state index contributed by atoms with van der Waals surface area (Å²) in [5.74, 6) is 0.145. The standard InChI is InChI=1S/C27H30ClN7O2/c1-35(2)14-4-6-24(36)31-20-9-7-18(8-10-20)26(37)32-21-11-12-22(15-21)33-27-30-17-23(28)25(34-27)19-5-3-13-29-16-19/h3-10,13,16-17,21-22H,11-12,14-15H2,1-2H3,(H,31,36)(H,32,37)(H,30,33,34)/b6-4+/t21-,22+/m0/s1. The van der Waals surface area contributed by atoms with Crippen LogP contribution in [0, 0.1) is 0 Å². The smallest absolute Gasteiger partial charge is 0.251 e. The van der Waals surface area contributed by atoms with Gasteiger partial charge in [-0.2, -0.15) is 0 Å². The number of halogens is 1. The quantitative estimate of drug-likeness (QED) is 0.366.